The van der Waals surface area contributed by atoms with E-state index in [0.717, 1.165) is 25.9 Å². The standard InChI is InChI=1S/C21H25N5O4/c1-12-4-3-9-26(11-12)21-24-18-17(20(29)25-21)15(10-16(27)23-18)19(28)22-13-5-7-14(30-2)8-6-13/h5-8,12,15H,3-4,9-11H2,1-2H3,(H,22,28)(H2,23,24,25,27,29)/t12-,15-/m1/s1. The minimum absolute atomic E-state index is 0.111. The molecule has 158 valence electrons. The number of hydrogen-bond donors (Lipinski definition) is 3. The summed E-state index contributed by atoms with van der Waals surface area (Å²) in [5.41, 5.74) is 0.342. The molecule has 0 spiro atoms. The molecular formula is C21H25N5O4. The number of aromatic nitrogens is 2. The number of benzene rings is 1. The SMILES string of the molecule is COc1ccc(NC(=O)[C@@H]2CC(=O)Nc3nc(N4CCC[C@@H](C)C4)[nH]c(=O)c32)cc1. The van der Waals surface area contributed by atoms with Crippen LogP contribution in [-0.4, -0.2) is 42.0 Å². The molecule has 30 heavy (non-hydrogen) atoms. The largest absolute Gasteiger partial charge is 0.497 e. The summed E-state index contributed by atoms with van der Waals surface area (Å²) in [6.07, 6.45) is 2.04. The van der Waals surface area contributed by atoms with E-state index in [4.69, 9.17) is 4.74 Å². The quantitative estimate of drug-likeness (QED) is 0.709. The van der Waals surface area contributed by atoms with Gasteiger partial charge in [-0.1, -0.05) is 6.92 Å². The maximum Gasteiger partial charge on any atom is 0.258 e. The lowest BCUT2D eigenvalue weighted by molar-refractivity contribution is -0.123. The van der Waals surface area contributed by atoms with Crippen LogP contribution in [0.5, 0.6) is 5.75 Å². The zero-order valence-corrected chi connectivity index (χ0v) is 17.0. The summed E-state index contributed by atoms with van der Waals surface area (Å²) >= 11 is 0. The average molecular weight is 411 g/mol. The Morgan fingerprint density at radius 2 is 2.03 bits per heavy atom. The van der Waals surface area contributed by atoms with E-state index in [1.54, 1.807) is 31.4 Å². The van der Waals surface area contributed by atoms with Crippen molar-refractivity contribution in [2.75, 3.05) is 35.7 Å². The van der Waals surface area contributed by atoms with Crippen molar-refractivity contribution in [2.45, 2.75) is 32.1 Å². The number of nitrogens with zero attached hydrogens (tertiary/aromatic N) is 2. The van der Waals surface area contributed by atoms with Gasteiger partial charge in [0.15, 0.2) is 0 Å². The topological polar surface area (TPSA) is 116 Å². The minimum Gasteiger partial charge on any atom is -0.497 e. The molecule has 1 saturated heterocycles. The Morgan fingerprint density at radius 1 is 1.27 bits per heavy atom. The smallest absolute Gasteiger partial charge is 0.258 e. The lowest BCUT2D eigenvalue weighted by Crippen LogP contribution is -2.40. The highest BCUT2D eigenvalue weighted by molar-refractivity contribution is 6.04. The van der Waals surface area contributed by atoms with Gasteiger partial charge >= 0.3 is 0 Å². The molecule has 2 amide bonds. The number of ether oxygens (including phenoxy) is 1. The van der Waals surface area contributed by atoms with Crippen LogP contribution in [0.1, 0.15) is 37.7 Å². The number of amides is 2. The summed E-state index contributed by atoms with van der Waals surface area (Å²) < 4.78 is 5.11. The van der Waals surface area contributed by atoms with Gasteiger partial charge in [-0.15, -0.1) is 0 Å². The van der Waals surface area contributed by atoms with E-state index in [0.29, 0.717) is 23.3 Å². The first-order chi connectivity index (χ1) is 14.4. The molecule has 9 nitrogen and oxygen atoms in total. The number of methoxy groups -OCH3 is 1. The van der Waals surface area contributed by atoms with E-state index in [1.165, 1.54) is 0 Å². The van der Waals surface area contributed by atoms with Crippen molar-refractivity contribution in [3.8, 4) is 5.75 Å². The van der Waals surface area contributed by atoms with Crippen molar-refractivity contribution in [2.24, 2.45) is 5.92 Å². The van der Waals surface area contributed by atoms with Gasteiger partial charge in [-0.05, 0) is 43.0 Å². The molecule has 9 heteroatoms. The highest BCUT2D eigenvalue weighted by Crippen LogP contribution is 2.31. The van der Waals surface area contributed by atoms with Crippen LogP contribution in [0.4, 0.5) is 17.5 Å². The summed E-state index contributed by atoms with van der Waals surface area (Å²) in [4.78, 5) is 47.4. The van der Waals surface area contributed by atoms with Gasteiger partial charge in [0, 0.05) is 25.2 Å². The molecule has 0 unspecified atom stereocenters. The fourth-order valence-corrected chi connectivity index (χ4v) is 4.02. The molecule has 1 fully saturated rings. The zero-order valence-electron chi connectivity index (χ0n) is 17.0. The second-order valence-corrected chi connectivity index (χ2v) is 7.87. The van der Waals surface area contributed by atoms with Crippen LogP contribution >= 0.6 is 0 Å². The van der Waals surface area contributed by atoms with E-state index in [1.807, 2.05) is 4.90 Å². The predicted octanol–water partition coefficient (Wildman–Crippen LogP) is 2.08. The maximum atomic E-state index is 12.9. The fraction of sp³-hybridized carbons (Fsp3) is 0.429. The fourth-order valence-electron chi connectivity index (χ4n) is 4.02. The Bertz CT molecular complexity index is 1020. The molecule has 3 heterocycles. The second-order valence-electron chi connectivity index (χ2n) is 7.87. The molecule has 2 aliphatic rings. The van der Waals surface area contributed by atoms with Gasteiger partial charge in [0.25, 0.3) is 5.56 Å². The Kier molecular flexibility index (Phi) is 5.43. The van der Waals surface area contributed by atoms with E-state index in [9.17, 15) is 14.4 Å². The van der Waals surface area contributed by atoms with Crippen molar-refractivity contribution in [1.29, 1.82) is 0 Å². The van der Waals surface area contributed by atoms with E-state index < -0.39 is 17.4 Å². The third-order valence-electron chi connectivity index (χ3n) is 5.57. The molecule has 2 aromatic rings. The number of carbonyl (C=O) groups excluding carboxylic acids is 2. The van der Waals surface area contributed by atoms with Gasteiger partial charge < -0.3 is 20.3 Å². The van der Waals surface area contributed by atoms with Crippen molar-refractivity contribution >= 4 is 29.3 Å². The van der Waals surface area contributed by atoms with Crippen molar-refractivity contribution < 1.29 is 14.3 Å². The van der Waals surface area contributed by atoms with Crippen LogP contribution in [0, 0.1) is 5.92 Å². The van der Waals surface area contributed by atoms with E-state index in [2.05, 4.69) is 27.5 Å². The Balaban J connectivity index is 1.61. The van der Waals surface area contributed by atoms with Crippen molar-refractivity contribution in [1.82, 2.24) is 9.97 Å². The van der Waals surface area contributed by atoms with Gasteiger partial charge in [0.2, 0.25) is 17.8 Å². The highest BCUT2D eigenvalue weighted by atomic mass is 16.5. The van der Waals surface area contributed by atoms with Crippen molar-refractivity contribution in [3.05, 3.63) is 40.2 Å². The number of piperidine rings is 1. The first-order valence-electron chi connectivity index (χ1n) is 10.1. The number of fused-ring (bicyclic) bond motifs is 1. The molecule has 0 saturated carbocycles. The van der Waals surface area contributed by atoms with Gasteiger partial charge in [-0.2, -0.15) is 4.98 Å². The molecular weight excluding hydrogens is 386 g/mol. The van der Waals surface area contributed by atoms with Crippen LogP contribution in [0.2, 0.25) is 0 Å². The first-order valence-corrected chi connectivity index (χ1v) is 10.1. The summed E-state index contributed by atoms with van der Waals surface area (Å²) in [6.45, 7) is 3.74. The molecule has 2 atom stereocenters. The summed E-state index contributed by atoms with van der Waals surface area (Å²) in [6, 6.07) is 6.84. The van der Waals surface area contributed by atoms with Crippen LogP contribution in [0.3, 0.4) is 0 Å². The normalized spacial score (nSPS) is 20.9. The second kappa shape index (κ2) is 8.17. The molecule has 2 aliphatic heterocycles. The molecule has 0 aliphatic carbocycles. The van der Waals surface area contributed by atoms with Gasteiger partial charge in [-0.3, -0.25) is 19.4 Å². The summed E-state index contributed by atoms with van der Waals surface area (Å²) in [7, 11) is 1.56. The first kappa shape index (κ1) is 19.9. The molecule has 0 radical (unpaired) electrons. The number of H-pyrrole nitrogens is 1. The van der Waals surface area contributed by atoms with Gasteiger partial charge in [0.1, 0.15) is 11.6 Å². The van der Waals surface area contributed by atoms with Gasteiger partial charge in [-0.25, -0.2) is 0 Å². The highest BCUT2D eigenvalue weighted by Gasteiger charge is 2.35. The summed E-state index contributed by atoms with van der Waals surface area (Å²) in [5.74, 6) is 0.0750. The average Bonchev–Trinajstić information content (AvgIpc) is 2.73. The number of anilines is 3. The third-order valence-corrected chi connectivity index (χ3v) is 5.57. The van der Waals surface area contributed by atoms with Crippen LogP contribution in [-0.2, 0) is 9.59 Å². The number of aromatic amines is 1. The third kappa shape index (κ3) is 4.00. The lowest BCUT2D eigenvalue weighted by atomic mass is 9.92. The minimum atomic E-state index is -0.915. The number of hydrogen-bond acceptors (Lipinski definition) is 6. The Labute approximate surface area is 173 Å². The predicted molar refractivity (Wildman–Crippen MR) is 113 cm³/mol. The molecule has 1 aromatic carbocycles. The number of rotatable bonds is 4. The Hall–Kier alpha value is -3.36. The molecule has 3 N–H and O–H groups in total. The lowest BCUT2D eigenvalue weighted by Gasteiger charge is -2.32. The van der Waals surface area contributed by atoms with Crippen LogP contribution in [0.25, 0.3) is 0 Å². The van der Waals surface area contributed by atoms with Crippen LogP contribution < -0.4 is 25.8 Å². The molecule has 1 aromatic heterocycles. The Morgan fingerprint density at radius 3 is 2.73 bits per heavy atom. The zero-order chi connectivity index (χ0) is 21.3. The van der Waals surface area contributed by atoms with Gasteiger partial charge in [0.05, 0.1) is 18.6 Å². The van der Waals surface area contributed by atoms with E-state index >= 15 is 0 Å². The molecule has 0 bridgehead atoms. The van der Waals surface area contributed by atoms with Crippen LogP contribution in [0.15, 0.2) is 29.1 Å². The molecule has 4 rings (SSSR count). The van der Waals surface area contributed by atoms with E-state index in [-0.39, 0.29) is 23.7 Å². The monoisotopic (exact) mass is 411 g/mol. The maximum absolute atomic E-state index is 12.9. The van der Waals surface area contributed by atoms with Crippen molar-refractivity contribution in [3.63, 3.8) is 0 Å². The number of nitrogens with one attached hydrogen (secondary N) is 3. The summed E-state index contributed by atoms with van der Waals surface area (Å²) in [5, 5.41) is 5.43. The number of carbonyl (C=O) groups is 2.